The van der Waals surface area contributed by atoms with Crippen LogP contribution in [0.4, 0.5) is 0 Å². The number of hydrogen-bond acceptors (Lipinski definition) is 6. The Bertz CT molecular complexity index is 1770. The Balaban J connectivity index is 1.35. The highest BCUT2D eigenvalue weighted by molar-refractivity contribution is 7.37. The first-order chi connectivity index (χ1) is 15.8. The van der Waals surface area contributed by atoms with Gasteiger partial charge in [0.25, 0.3) is 0 Å². The summed E-state index contributed by atoms with van der Waals surface area (Å²) in [6.07, 6.45) is 0. The fraction of sp³-hybridized carbons (Fsp3) is 0. The minimum Gasteiger partial charge on any atom is -0.143 e. The molecule has 32 heavy (non-hydrogen) atoms. The smallest absolute Gasteiger partial charge is 0.0542 e. The van der Waals surface area contributed by atoms with Crippen LogP contribution in [-0.2, 0) is 0 Å². The van der Waals surface area contributed by atoms with Gasteiger partial charge >= 0.3 is 0 Å². The largest absolute Gasteiger partial charge is 0.143 e. The summed E-state index contributed by atoms with van der Waals surface area (Å²) < 4.78 is 8.48. The SMILES string of the molecule is c1csc(-c2cc3cc4c(cc3s2)sc2c3cc5cc(-c6cccs6)sc5cc3sc42)c1. The quantitative estimate of drug-likeness (QED) is 0.214. The summed E-state index contributed by atoms with van der Waals surface area (Å²) in [6.45, 7) is 0. The molecule has 0 amide bonds. The van der Waals surface area contributed by atoms with E-state index in [1.807, 2.05) is 68.0 Å². The van der Waals surface area contributed by atoms with Gasteiger partial charge in [-0.2, -0.15) is 0 Å². The summed E-state index contributed by atoms with van der Waals surface area (Å²) in [4.78, 5) is 5.48. The summed E-state index contributed by atoms with van der Waals surface area (Å²) in [5.41, 5.74) is 0. The first-order valence-electron chi connectivity index (χ1n) is 10.1. The second-order valence-electron chi connectivity index (χ2n) is 7.81. The van der Waals surface area contributed by atoms with Crippen molar-refractivity contribution < 1.29 is 0 Å². The Kier molecular flexibility index (Phi) is 3.86. The summed E-state index contributed by atoms with van der Waals surface area (Å²) in [6, 6.07) is 23.1. The maximum Gasteiger partial charge on any atom is 0.0542 e. The zero-order chi connectivity index (χ0) is 20.8. The van der Waals surface area contributed by atoms with Gasteiger partial charge in [0.1, 0.15) is 0 Å². The minimum atomic E-state index is 1.36. The molecule has 152 valence electrons. The van der Waals surface area contributed by atoms with E-state index in [2.05, 4.69) is 71.4 Å². The van der Waals surface area contributed by atoms with Gasteiger partial charge in [0.15, 0.2) is 0 Å². The number of benzene rings is 2. The Morgan fingerprint density at radius 1 is 0.438 bits per heavy atom. The van der Waals surface area contributed by atoms with Crippen LogP contribution in [0.1, 0.15) is 0 Å². The zero-order valence-corrected chi connectivity index (χ0v) is 21.3. The fourth-order valence-corrected chi connectivity index (χ4v) is 11.1. The van der Waals surface area contributed by atoms with Gasteiger partial charge < -0.3 is 0 Å². The highest BCUT2D eigenvalue weighted by atomic mass is 32.1. The topological polar surface area (TPSA) is 0 Å². The maximum atomic E-state index is 2.42. The highest BCUT2D eigenvalue weighted by Crippen LogP contribution is 2.48. The van der Waals surface area contributed by atoms with E-state index in [1.165, 1.54) is 69.3 Å². The molecular weight excluding hydrogens is 505 g/mol. The van der Waals surface area contributed by atoms with E-state index in [4.69, 9.17) is 0 Å². The number of hydrogen-bond donors (Lipinski definition) is 0. The van der Waals surface area contributed by atoms with Gasteiger partial charge in [0, 0.05) is 49.1 Å². The molecule has 8 rings (SSSR count). The van der Waals surface area contributed by atoms with Crippen molar-refractivity contribution in [3.63, 3.8) is 0 Å². The molecule has 0 fully saturated rings. The van der Waals surface area contributed by atoms with Gasteiger partial charge in [-0.3, -0.25) is 0 Å². The molecule has 0 saturated carbocycles. The molecular formula is C26H12S6. The Labute approximate surface area is 207 Å². The Hall–Kier alpha value is -2.06. The van der Waals surface area contributed by atoms with Crippen molar-refractivity contribution in [3.8, 4) is 19.5 Å². The van der Waals surface area contributed by atoms with Gasteiger partial charge in [-0.25, -0.2) is 0 Å². The average molecular weight is 517 g/mol. The molecule has 0 aliphatic carbocycles. The molecule has 6 aromatic heterocycles. The van der Waals surface area contributed by atoms with Crippen molar-refractivity contribution in [1.29, 1.82) is 0 Å². The molecule has 6 heteroatoms. The monoisotopic (exact) mass is 516 g/mol. The molecule has 0 bridgehead atoms. The van der Waals surface area contributed by atoms with Crippen molar-refractivity contribution in [2.45, 2.75) is 0 Å². The van der Waals surface area contributed by atoms with Gasteiger partial charge in [0.2, 0.25) is 0 Å². The third-order valence-corrected chi connectivity index (χ3v) is 12.7. The van der Waals surface area contributed by atoms with Crippen LogP contribution in [0.15, 0.2) is 71.4 Å². The van der Waals surface area contributed by atoms with Crippen molar-refractivity contribution in [2.24, 2.45) is 0 Å². The molecule has 0 atom stereocenters. The first kappa shape index (κ1) is 18.4. The van der Waals surface area contributed by atoms with E-state index in [0.717, 1.165) is 0 Å². The molecule has 6 heterocycles. The molecule has 0 N–H and O–H groups in total. The summed E-state index contributed by atoms with van der Waals surface area (Å²) in [5, 5.41) is 9.88. The number of fused-ring (bicyclic) bond motifs is 7. The lowest BCUT2D eigenvalue weighted by Crippen LogP contribution is -1.64. The lowest BCUT2D eigenvalue weighted by atomic mass is 10.1. The highest BCUT2D eigenvalue weighted by Gasteiger charge is 2.16. The van der Waals surface area contributed by atoms with Crippen molar-refractivity contribution in [1.82, 2.24) is 0 Å². The third-order valence-electron chi connectivity index (χ3n) is 5.88. The minimum absolute atomic E-state index is 1.36. The van der Waals surface area contributed by atoms with Gasteiger partial charge in [0.05, 0.1) is 9.40 Å². The molecule has 8 aromatic rings. The second kappa shape index (κ2) is 6.73. The molecule has 0 aliphatic heterocycles. The van der Waals surface area contributed by atoms with E-state index < -0.39 is 0 Å². The molecule has 0 spiro atoms. The third kappa shape index (κ3) is 2.62. The Morgan fingerprint density at radius 2 is 0.938 bits per heavy atom. The van der Waals surface area contributed by atoms with Crippen LogP contribution in [0.3, 0.4) is 0 Å². The van der Waals surface area contributed by atoms with E-state index in [9.17, 15) is 0 Å². The van der Waals surface area contributed by atoms with E-state index >= 15 is 0 Å². The predicted octanol–water partition coefficient (Wildman–Crippen LogP) is 11.2. The van der Waals surface area contributed by atoms with Crippen LogP contribution in [0, 0.1) is 0 Å². The zero-order valence-electron chi connectivity index (χ0n) is 16.4. The maximum absolute atomic E-state index is 2.42. The summed E-state index contributed by atoms with van der Waals surface area (Å²) in [5.74, 6) is 0. The normalized spacial score (nSPS) is 12.4. The van der Waals surface area contributed by atoms with Crippen LogP contribution in [-0.4, -0.2) is 0 Å². The van der Waals surface area contributed by atoms with Crippen molar-refractivity contribution in [3.05, 3.63) is 71.4 Å². The lowest BCUT2D eigenvalue weighted by Gasteiger charge is -1.93. The lowest BCUT2D eigenvalue weighted by molar-refractivity contribution is 1.96. The van der Waals surface area contributed by atoms with Crippen LogP contribution in [0.5, 0.6) is 0 Å². The molecule has 0 nitrogen and oxygen atoms in total. The summed E-state index contributed by atoms with van der Waals surface area (Å²) in [7, 11) is 0. The Morgan fingerprint density at radius 3 is 1.38 bits per heavy atom. The van der Waals surface area contributed by atoms with Crippen molar-refractivity contribution >= 4 is 118 Å². The molecule has 0 radical (unpaired) electrons. The van der Waals surface area contributed by atoms with Gasteiger partial charge in [-0.05, 0) is 70.1 Å². The van der Waals surface area contributed by atoms with Crippen LogP contribution in [0.2, 0.25) is 0 Å². The summed E-state index contributed by atoms with van der Waals surface area (Å²) >= 11 is 11.4. The first-order valence-corrected chi connectivity index (χ1v) is 15.2. The van der Waals surface area contributed by atoms with E-state index in [1.54, 1.807) is 0 Å². The van der Waals surface area contributed by atoms with Gasteiger partial charge in [-0.15, -0.1) is 68.0 Å². The van der Waals surface area contributed by atoms with E-state index in [-0.39, 0.29) is 0 Å². The molecule has 0 saturated heterocycles. The van der Waals surface area contributed by atoms with Gasteiger partial charge in [-0.1, -0.05) is 12.1 Å². The molecule has 0 unspecified atom stereocenters. The number of thiophene rings is 6. The average Bonchev–Trinajstić information content (AvgIpc) is 3.61. The van der Waals surface area contributed by atoms with Crippen LogP contribution in [0.25, 0.3) is 69.3 Å². The van der Waals surface area contributed by atoms with Crippen molar-refractivity contribution in [2.75, 3.05) is 0 Å². The second-order valence-corrected chi connectivity index (χ2v) is 14.0. The predicted molar refractivity (Wildman–Crippen MR) is 152 cm³/mol. The van der Waals surface area contributed by atoms with E-state index in [0.29, 0.717) is 0 Å². The molecule has 2 aromatic carbocycles. The van der Waals surface area contributed by atoms with Crippen LogP contribution >= 0.6 is 68.0 Å². The molecule has 0 aliphatic rings. The fourth-order valence-electron chi connectivity index (χ4n) is 4.41. The van der Waals surface area contributed by atoms with Crippen LogP contribution < -0.4 is 0 Å². The standard InChI is InChI=1S/C26H12S6/c1-3-17(27-5-1)23-9-13-7-15-21(11-19(13)29-23)31-26-16-8-14-10-24(18-4-2-6-28-18)30-20(14)12-22(16)32-25(15)26/h1-12H. The number of rotatable bonds is 2.